The maximum Gasteiger partial charge on any atom is 0.417 e. The van der Waals surface area contributed by atoms with Crippen LogP contribution in [0.4, 0.5) is 23.2 Å². The van der Waals surface area contributed by atoms with Crippen LogP contribution in [-0.4, -0.2) is 15.0 Å². The Morgan fingerprint density at radius 2 is 1.65 bits per heavy atom. The predicted octanol–water partition coefficient (Wildman–Crippen LogP) is 3.88. The van der Waals surface area contributed by atoms with E-state index in [1.165, 1.54) is 12.1 Å². The maximum atomic E-state index is 14.0. The zero-order chi connectivity index (χ0) is 19.8. The summed E-state index contributed by atoms with van der Waals surface area (Å²) in [6.45, 7) is 3.60. The van der Waals surface area contributed by atoms with Crippen LogP contribution in [0, 0.1) is 5.82 Å². The van der Waals surface area contributed by atoms with E-state index in [4.69, 9.17) is 5.14 Å². The number of hydrogen-bond donors (Lipinski definition) is 2. The van der Waals surface area contributed by atoms with Gasteiger partial charge in [-0.05, 0) is 29.8 Å². The SMILES string of the molecule is CC(C)(CNc1ccc(S(N)(=O)=O)c(C(F)(F)F)c1)c1ccccc1F. The maximum absolute atomic E-state index is 14.0. The van der Waals surface area contributed by atoms with Crippen LogP contribution in [0.5, 0.6) is 0 Å². The number of hydrogen-bond acceptors (Lipinski definition) is 3. The quantitative estimate of drug-likeness (QED) is 0.761. The molecule has 4 nitrogen and oxygen atoms in total. The normalized spacial score (nSPS) is 12.9. The largest absolute Gasteiger partial charge is 0.417 e. The van der Waals surface area contributed by atoms with E-state index in [9.17, 15) is 26.0 Å². The van der Waals surface area contributed by atoms with Crippen molar-refractivity contribution in [3.8, 4) is 0 Å². The van der Waals surface area contributed by atoms with Crippen LogP contribution in [0.25, 0.3) is 0 Å². The minimum absolute atomic E-state index is 0.0501. The van der Waals surface area contributed by atoms with Crippen molar-refractivity contribution in [2.45, 2.75) is 30.3 Å². The first-order valence-electron chi connectivity index (χ1n) is 7.55. The van der Waals surface area contributed by atoms with Gasteiger partial charge in [-0.25, -0.2) is 17.9 Å². The van der Waals surface area contributed by atoms with Gasteiger partial charge in [0, 0.05) is 17.6 Å². The molecule has 0 aliphatic carbocycles. The Hall–Kier alpha value is -2.13. The molecule has 0 amide bonds. The average molecular weight is 390 g/mol. The molecule has 0 saturated carbocycles. The van der Waals surface area contributed by atoms with Gasteiger partial charge < -0.3 is 5.32 Å². The summed E-state index contributed by atoms with van der Waals surface area (Å²) < 4.78 is 76.2. The van der Waals surface area contributed by atoms with E-state index >= 15 is 0 Å². The Kier molecular flexibility index (Phi) is 5.34. The topological polar surface area (TPSA) is 72.2 Å². The molecule has 0 heterocycles. The number of alkyl halides is 3. The third-order valence-electron chi connectivity index (χ3n) is 3.93. The van der Waals surface area contributed by atoms with Gasteiger partial charge in [-0.1, -0.05) is 32.0 Å². The van der Waals surface area contributed by atoms with Crippen molar-refractivity contribution in [2.75, 3.05) is 11.9 Å². The second kappa shape index (κ2) is 6.88. The molecule has 2 rings (SSSR count). The number of rotatable bonds is 5. The van der Waals surface area contributed by atoms with Crippen LogP contribution in [0.2, 0.25) is 0 Å². The lowest BCUT2D eigenvalue weighted by Crippen LogP contribution is -2.29. The Labute approximate surface area is 149 Å². The first kappa shape index (κ1) is 20.2. The molecule has 26 heavy (non-hydrogen) atoms. The fourth-order valence-electron chi connectivity index (χ4n) is 2.54. The van der Waals surface area contributed by atoms with Gasteiger partial charge in [0.15, 0.2) is 0 Å². The highest BCUT2D eigenvalue weighted by Gasteiger charge is 2.36. The molecule has 0 unspecified atom stereocenters. The molecule has 0 radical (unpaired) electrons. The zero-order valence-electron chi connectivity index (χ0n) is 14.1. The van der Waals surface area contributed by atoms with E-state index < -0.39 is 37.9 Å². The molecule has 0 saturated heterocycles. The van der Waals surface area contributed by atoms with Crippen LogP contribution < -0.4 is 10.5 Å². The molecule has 0 atom stereocenters. The third-order valence-corrected chi connectivity index (χ3v) is 4.90. The Morgan fingerprint density at radius 3 is 2.19 bits per heavy atom. The lowest BCUT2D eigenvalue weighted by Gasteiger charge is -2.27. The van der Waals surface area contributed by atoms with E-state index in [-0.39, 0.29) is 12.2 Å². The molecule has 0 aromatic heterocycles. The summed E-state index contributed by atoms with van der Waals surface area (Å²) in [7, 11) is -4.52. The van der Waals surface area contributed by atoms with Crippen molar-refractivity contribution in [1.29, 1.82) is 0 Å². The smallest absolute Gasteiger partial charge is 0.384 e. The highest BCUT2D eigenvalue weighted by Crippen LogP contribution is 2.36. The zero-order valence-corrected chi connectivity index (χ0v) is 14.9. The van der Waals surface area contributed by atoms with Gasteiger partial charge >= 0.3 is 6.18 Å². The Bertz CT molecular complexity index is 909. The average Bonchev–Trinajstić information content (AvgIpc) is 2.51. The Balaban J connectivity index is 2.32. The second-order valence-electron chi connectivity index (χ2n) is 6.47. The van der Waals surface area contributed by atoms with Crippen molar-refractivity contribution in [1.82, 2.24) is 0 Å². The van der Waals surface area contributed by atoms with E-state index in [0.29, 0.717) is 11.6 Å². The van der Waals surface area contributed by atoms with Crippen LogP contribution in [0.3, 0.4) is 0 Å². The number of primary sulfonamides is 1. The van der Waals surface area contributed by atoms with Crippen molar-refractivity contribution in [3.05, 3.63) is 59.4 Å². The van der Waals surface area contributed by atoms with Gasteiger partial charge in [-0.15, -0.1) is 0 Å². The van der Waals surface area contributed by atoms with Gasteiger partial charge in [0.05, 0.1) is 10.5 Å². The molecule has 0 spiro atoms. The summed E-state index contributed by atoms with van der Waals surface area (Å²) in [5, 5.41) is 7.65. The molecule has 3 N–H and O–H groups in total. The summed E-state index contributed by atoms with van der Waals surface area (Å²) in [4.78, 5) is -0.996. The molecule has 2 aromatic carbocycles. The number of sulfonamides is 1. The third kappa shape index (κ3) is 4.53. The fourth-order valence-corrected chi connectivity index (χ4v) is 3.28. The lowest BCUT2D eigenvalue weighted by atomic mass is 9.84. The van der Waals surface area contributed by atoms with Gasteiger partial charge in [-0.2, -0.15) is 13.2 Å². The molecule has 0 aliphatic heterocycles. The van der Waals surface area contributed by atoms with E-state index in [2.05, 4.69) is 5.32 Å². The van der Waals surface area contributed by atoms with Crippen molar-refractivity contribution in [3.63, 3.8) is 0 Å². The van der Waals surface area contributed by atoms with Crippen LogP contribution in [0.1, 0.15) is 25.0 Å². The second-order valence-corrected chi connectivity index (χ2v) is 8.00. The Morgan fingerprint density at radius 1 is 1.04 bits per heavy atom. The van der Waals surface area contributed by atoms with E-state index in [1.807, 2.05) is 0 Å². The molecule has 0 fully saturated rings. The summed E-state index contributed by atoms with van der Waals surface area (Å²) in [6.07, 6.45) is -4.89. The van der Waals surface area contributed by atoms with E-state index in [0.717, 1.165) is 6.07 Å². The van der Waals surface area contributed by atoms with Crippen LogP contribution >= 0.6 is 0 Å². The molecule has 2 aromatic rings. The molecule has 142 valence electrons. The molecule has 9 heteroatoms. The monoisotopic (exact) mass is 390 g/mol. The summed E-state index contributed by atoms with van der Waals surface area (Å²) in [6, 6.07) is 8.79. The minimum atomic E-state index is -4.89. The number of benzene rings is 2. The molecular formula is C17H18F4N2O2S. The van der Waals surface area contributed by atoms with Crippen LogP contribution in [0.15, 0.2) is 47.4 Å². The highest BCUT2D eigenvalue weighted by molar-refractivity contribution is 7.89. The van der Waals surface area contributed by atoms with Gasteiger partial charge in [0.2, 0.25) is 10.0 Å². The van der Waals surface area contributed by atoms with Gasteiger partial charge in [0.25, 0.3) is 0 Å². The fraction of sp³-hybridized carbons (Fsp3) is 0.294. The first-order chi connectivity index (χ1) is 11.8. The van der Waals surface area contributed by atoms with Crippen molar-refractivity contribution in [2.24, 2.45) is 5.14 Å². The number of nitrogens with one attached hydrogen (secondary N) is 1. The van der Waals surface area contributed by atoms with Gasteiger partial charge in [0.1, 0.15) is 5.82 Å². The molecule has 0 aliphatic rings. The van der Waals surface area contributed by atoms with Crippen molar-refractivity contribution < 1.29 is 26.0 Å². The summed E-state index contributed by atoms with van der Waals surface area (Å²) >= 11 is 0. The lowest BCUT2D eigenvalue weighted by molar-refractivity contribution is -0.139. The van der Waals surface area contributed by atoms with Crippen molar-refractivity contribution >= 4 is 15.7 Å². The summed E-state index contributed by atoms with van der Waals surface area (Å²) in [5.74, 6) is -0.417. The number of halogens is 4. The first-order valence-corrected chi connectivity index (χ1v) is 9.10. The standard InChI is InChI=1S/C17H18F4N2O2S/c1-16(2,12-5-3-4-6-14(12)18)10-23-11-7-8-15(26(22,24)25)13(9-11)17(19,20)21/h3-9,23H,10H2,1-2H3,(H2,22,24,25). The van der Waals surface area contributed by atoms with E-state index in [1.54, 1.807) is 32.0 Å². The number of nitrogens with two attached hydrogens (primary N) is 1. The number of anilines is 1. The summed E-state index contributed by atoms with van der Waals surface area (Å²) in [5.41, 5.74) is -1.62. The minimum Gasteiger partial charge on any atom is -0.384 e. The van der Waals surface area contributed by atoms with Crippen LogP contribution in [-0.2, 0) is 21.6 Å². The molecule has 0 bridgehead atoms. The predicted molar refractivity (Wildman–Crippen MR) is 90.7 cm³/mol. The highest BCUT2D eigenvalue weighted by atomic mass is 32.2. The molecular weight excluding hydrogens is 372 g/mol. The van der Waals surface area contributed by atoms with Gasteiger partial charge in [-0.3, -0.25) is 0 Å².